The number of aryl methyl sites for hydroxylation is 1. The molecule has 1 aromatic carbocycles. The van der Waals surface area contributed by atoms with E-state index in [0.717, 1.165) is 17.7 Å². The Kier molecular flexibility index (Phi) is 3.63. The smallest absolute Gasteiger partial charge is 0.329 e. The van der Waals surface area contributed by atoms with Crippen molar-refractivity contribution in [2.75, 3.05) is 18.1 Å². The van der Waals surface area contributed by atoms with Crippen LogP contribution in [-0.4, -0.2) is 31.2 Å². The number of imide groups is 1. The highest BCUT2D eigenvalue weighted by Crippen LogP contribution is 2.28. The second kappa shape index (κ2) is 5.44. The number of carbonyl (C=O) groups is 2. The molecule has 6 heteroatoms. The number of hydrogen-bond acceptors (Lipinski definition) is 3. The van der Waals surface area contributed by atoms with Gasteiger partial charge in [-0.3, -0.25) is 4.79 Å². The van der Waals surface area contributed by atoms with Crippen molar-refractivity contribution in [1.29, 1.82) is 0 Å². The van der Waals surface area contributed by atoms with E-state index in [4.69, 9.17) is 4.74 Å². The number of hydrogen-bond donors (Lipinski definition) is 1. The van der Waals surface area contributed by atoms with Gasteiger partial charge in [0.25, 0.3) is 5.91 Å². The molecule has 5 nitrogen and oxygen atoms in total. The predicted octanol–water partition coefficient (Wildman–Crippen LogP) is 1.99. The van der Waals surface area contributed by atoms with Crippen molar-refractivity contribution < 1.29 is 18.7 Å². The zero-order valence-corrected chi connectivity index (χ0v) is 11.8. The van der Waals surface area contributed by atoms with E-state index in [1.807, 2.05) is 0 Å². The summed E-state index contributed by atoms with van der Waals surface area (Å²) in [5.41, 5.74) is 0.949. The number of benzene rings is 1. The topological polar surface area (TPSA) is 58.6 Å². The van der Waals surface area contributed by atoms with Gasteiger partial charge in [0.1, 0.15) is 11.9 Å². The number of rotatable bonds is 2. The molecule has 0 bridgehead atoms. The van der Waals surface area contributed by atoms with Crippen LogP contribution in [0.1, 0.15) is 18.4 Å². The Morgan fingerprint density at radius 3 is 2.62 bits per heavy atom. The van der Waals surface area contributed by atoms with Gasteiger partial charge in [-0.2, -0.15) is 0 Å². The molecule has 112 valence electrons. The summed E-state index contributed by atoms with van der Waals surface area (Å²) in [6, 6.07) is 3.17. The van der Waals surface area contributed by atoms with Crippen LogP contribution in [-0.2, 0) is 9.53 Å². The van der Waals surface area contributed by atoms with Crippen LogP contribution in [0.2, 0.25) is 0 Å². The van der Waals surface area contributed by atoms with E-state index in [0.29, 0.717) is 18.8 Å². The first-order valence-corrected chi connectivity index (χ1v) is 7.05. The number of anilines is 1. The Labute approximate surface area is 122 Å². The van der Waals surface area contributed by atoms with Crippen LogP contribution in [0.4, 0.5) is 14.9 Å². The monoisotopic (exact) mass is 292 g/mol. The molecule has 0 spiro atoms. The molecule has 0 radical (unpaired) electrons. The lowest BCUT2D eigenvalue weighted by Crippen LogP contribution is -2.40. The van der Waals surface area contributed by atoms with Crippen LogP contribution < -0.4 is 10.2 Å². The second-order valence-corrected chi connectivity index (χ2v) is 5.54. The van der Waals surface area contributed by atoms with Crippen LogP contribution in [0, 0.1) is 18.7 Å². The number of ether oxygens (including phenoxy) is 1. The first-order valence-electron chi connectivity index (χ1n) is 7.05. The molecule has 2 aliphatic rings. The summed E-state index contributed by atoms with van der Waals surface area (Å²) in [6.45, 7) is 2.92. The molecule has 2 fully saturated rings. The summed E-state index contributed by atoms with van der Waals surface area (Å²) >= 11 is 0. The summed E-state index contributed by atoms with van der Waals surface area (Å²) < 4.78 is 18.8. The largest absolute Gasteiger partial charge is 0.381 e. The Morgan fingerprint density at radius 2 is 1.95 bits per heavy atom. The van der Waals surface area contributed by atoms with Crippen molar-refractivity contribution in [3.8, 4) is 0 Å². The van der Waals surface area contributed by atoms with E-state index < -0.39 is 17.9 Å². The highest BCUT2D eigenvalue weighted by molar-refractivity contribution is 6.21. The maximum absolute atomic E-state index is 13.5. The number of amides is 3. The minimum Gasteiger partial charge on any atom is -0.381 e. The van der Waals surface area contributed by atoms with E-state index >= 15 is 0 Å². The highest BCUT2D eigenvalue weighted by atomic mass is 19.1. The van der Waals surface area contributed by atoms with Gasteiger partial charge in [0.05, 0.1) is 5.69 Å². The minimum absolute atomic E-state index is 0.0786. The number of urea groups is 1. The van der Waals surface area contributed by atoms with Gasteiger partial charge >= 0.3 is 6.03 Å². The lowest BCUT2D eigenvalue weighted by molar-refractivity contribution is -0.120. The quantitative estimate of drug-likeness (QED) is 0.848. The molecule has 0 aliphatic carbocycles. The Morgan fingerprint density at radius 1 is 1.24 bits per heavy atom. The zero-order valence-electron chi connectivity index (χ0n) is 11.8. The van der Waals surface area contributed by atoms with E-state index in [9.17, 15) is 14.0 Å². The number of nitrogens with one attached hydrogen (secondary N) is 1. The molecule has 1 aromatic rings. The predicted molar refractivity (Wildman–Crippen MR) is 74.5 cm³/mol. The maximum atomic E-state index is 13.5. The summed E-state index contributed by atoms with van der Waals surface area (Å²) in [7, 11) is 0. The van der Waals surface area contributed by atoms with Gasteiger partial charge in [-0.15, -0.1) is 0 Å². The van der Waals surface area contributed by atoms with E-state index in [1.54, 1.807) is 13.0 Å². The third-order valence-corrected chi connectivity index (χ3v) is 3.99. The van der Waals surface area contributed by atoms with Crippen LogP contribution in [0.25, 0.3) is 0 Å². The number of nitrogens with zero attached hydrogens (tertiary/aromatic N) is 1. The Hall–Kier alpha value is -1.95. The SMILES string of the molecule is Cc1cc(F)cc(N2C(=O)N[C@@H](C3CCOCC3)C2=O)c1. The molecule has 0 aromatic heterocycles. The molecule has 2 heterocycles. The lowest BCUT2D eigenvalue weighted by Gasteiger charge is -2.25. The van der Waals surface area contributed by atoms with Gasteiger partial charge < -0.3 is 10.1 Å². The van der Waals surface area contributed by atoms with Gasteiger partial charge in [0, 0.05) is 13.2 Å². The van der Waals surface area contributed by atoms with Gasteiger partial charge in [-0.25, -0.2) is 14.1 Å². The van der Waals surface area contributed by atoms with Crippen LogP contribution >= 0.6 is 0 Å². The molecule has 3 amide bonds. The molecule has 21 heavy (non-hydrogen) atoms. The van der Waals surface area contributed by atoms with Gasteiger partial charge in [0.15, 0.2) is 0 Å². The van der Waals surface area contributed by atoms with Crippen LogP contribution in [0.5, 0.6) is 0 Å². The maximum Gasteiger partial charge on any atom is 0.329 e. The van der Waals surface area contributed by atoms with Crippen molar-refractivity contribution in [2.45, 2.75) is 25.8 Å². The fraction of sp³-hybridized carbons (Fsp3) is 0.467. The first-order chi connectivity index (χ1) is 10.1. The van der Waals surface area contributed by atoms with Crippen molar-refractivity contribution in [3.05, 3.63) is 29.6 Å². The fourth-order valence-corrected chi connectivity index (χ4v) is 2.96. The first kappa shape index (κ1) is 14.0. The molecule has 2 saturated heterocycles. The third kappa shape index (κ3) is 2.63. The van der Waals surface area contributed by atoms with Crippen molar-refractivity contribution in [2.24, 2.45) is 5.92 Å². The number of halogens is 1. The average Bonchev–Trinajstić information content (AvgIpc) is 2.74. The lowest BCUT2D eigenvalue weighted by atomic mass is 9.92. The molecule has 0 unspecified atom stereocenters. The molecule has 3 rings (SSSR count). The zero-order chi connectivity index (χ0) is 15.0. The second-order valence-electron chi connectivity index (χ2n) is 5.54. The Balaban J connectivity index is 1.86. The van der Waals surface area contributed by atoms with Crippen LogP contribution in [0.3, 0.4) is 0 Å². The summed E-state index contributed by atoms with van der Waals surface area (Å²) in [5.74, 6) is -0.688. The molecular formula is C15H17FN2O3. The van der Waals surface area contributed by atoms with Crippen molar-refractivity contribution in [3.63, 3.8) is 0 Å². The van der Waals surface area contributed by atoms with E-state index in [-0.39, 0.29) is 17.5 Å². The van der Waals surface area contributed by atoms with E-state index in [1.165, 1.54) is 12.1 Å². The van der Waals surface area contributed by atoms with Crippen molar-refractivity contribution >= 4 is 17.6 Å². The van der Waals surface area contributed by atoms with Gasteiger partial charge in [-0.05, 0) is 49.4 Å². The third-order valence-electron chi connectivity index (χ3n) is 3.99. The number of carbonyl (C=O) groups excluding carboxylic acids is 2. The minimum atomic E-state index is -0.537. The Bertz CT molecular complexity index is 564. The van der Waals surface area contributed by atoms with Gasteiger partial charge in [0.2, 0.25) is 0 Å². The molecule has 1 N–H and O–H groups in total. The normalized spacial score (nSPS) is 23.5. The molecular weight excluding hydrogens is 275 g/mol. The van der Waals surface area contributed by atoms with Crippen molar-refractivity contribution in [1.82, 2.24) is 5.32 Å². The fourth-order valence-electron chi connectivity index (χ4n) is 2.96. The highest BCUT2D eigenvalue weighted by Gasteiger charge is 2.43. The standard InChI is InChI=1S/C15H17FN2O3/c1-9-6-11(16)8-12(7-9)18-14(19)13(17-15(18)20)10-2-4-21-5-3-10/h6-8,10,13H,2-5H2,1H3,(H,17,20)/t13-/m0/s1. The summed E-state index contributed by atoms with van der Waals surface area (Å²) in [4.78, 5) is 25.7. The molecule has 1 atom stereocenters. The average molecular weight is 292 g/mol. The molecule has 0 saturated carbocycles. The summed E-state index contributed by atoms with van der Waals surface area (Å²) in [6.07, 6.45) is 1.49. The van der Waals surface area contributed by atoms with Crippen LogP contribution in [0.15, 0.2) is 18.2 Å². The van der Waals surface area contributed by atoms with Gasteiger partial charge in [-0.1, -0.05) is 0 Å². The summed E-state index contributed by atoms with van der Waals surface area (Å²) in [5, 5.41) is 2.72. The molecule has 2 aliphatic heterocycles. The van der Waals surface area contributed by atoms with E-state index in [2.05, 4.69) is 5.32 Å².